The van der Waals surface area contributed by atoms with Crippen molar-refractivity contribution in [1.29, 1.82) is 0 Å². The number of nitrogens with zero attached hydrogens (tertiary/aromatic N) is 6. The number of hydrogen-bond acceptors (Lipinski definition) is 10. The first-order valence-electron chi connectivity index (χ1n) is 17.5. The van der Waals surface area contributed by atoms with Gasteiger partial charge >= 0.3 is 0 Å². The molecule has 3 N–H and O–H groups in total. The molecule has 0 atom stereocenters. The van der Waals surface area contributed by atoms with Crippen LogP contribution >= 0.6 is 0 Å². The highest BCUT2D eigenvalue weighted by Crippen LogP contribution is 2.33. The number of aliphatic hydroxyl groups is 1. The molecule has 3 aliphatic rings. The average molecular weight is 657 g/mol. The summed E-state index contributed by atoms with van der Waals surface area (Å²) >= 11 is 0. The van der Waals surface area contributed by atoms with Crippen LogP contribution in [-0.2, 0) is 6.54 Å². The molecule has 49 heavy (non-hydrogen) atoms. The Labute approximate surface area is 288 Å². The van der Waals surface area contributed by atoms with Crippen LogP contribution < -0.4 is 10.6 Å². The van der Waals surface area contributed by atoms with Gasteiger partial charge in [0, 0.05) is 80.6 Å². The van der Waals surface area contributed by atoms with Crippen molar-refractivity contribution >= 4 is 23.2 Å². The van der Waals surface area contributed by atoms with Crippen LogP contribution in [0.3, 0.4) is 0 Å². The van der Waals surface area contributed by atoms with E-state index in [0.717, 1.165) is 99.6 Å². The lowest BCUT2D eigenvalue weighted by Gasteiger charge is -2.32. The summed E-state index contributed by atoms with van der Waals surface area (Å²) in [7, 11) is 2.17. The van der Waals surface area contributed by atoms with Gasteiger partial charge in [0.25, 0.3) is 0 Å². The van der Waals surface area contributed by atoms with E-state index in [1.165, 1.54) is 5.56 Å². The zero-order valence-corrected chi connectivity index (χ0v) is 28.1. The second kappa shape index (κ2) is 15.2. The maximum Gasteiger partial charge on any atom is 0.229 e. The fraction of sp³-hybridized carbons (Fsp3) is 0.410. The molecule has 2 aliphatic carbocycles. The molecule has 0 amide bonds. The number of ketones is 1. The highest BCUT2D eigenvalue weighted by atomic mass is 16.3. The number of carbonyl (C=O) groups excluding carboxylic acids is 1. The first kappa shape index (κ1) is 32.8. The lowest BCUT2D eigenvalue weighted by molar-refractivity contribution is 0.0976. The molecule has 1 aliphatic heterocycles. The number of nitrogens with one attached hydrogen (secondary N) is 2. The van der Waals surface area contributed by atoms with Crippen molar-refractivity contribution in [2.45, 2.75) is 63.6 Å². The minimum absolute atomic E-state index is 0.167. The second-order valence-electron chi connectivity index (χ2n) is 13.7. The molecule has 252 valence electrons. The van der Waals surface area contributed by atoms with Gasteiger partial charge in [-0.25, -0.2) is 9.97 Å². The van der Waals surface area contributed by atoms with Crippen LogP contribution in [-0.4, -0.2) is 86.0 Å². The number of hydrogen-bond donors (Lipinski definition) is 3. The first-order valence-corrected chi connectivity index (χ1v) is 17.5. The molecule has 4 heterocycles. The monoisotopic (exact) mass is 656 g/mol. The van der Waals surface area contributed by atoms with Gasteiger partial charge in [-0.3, -0.25) is 14.7 Å². The molecule has 2 saturated carbocycles. The Balaban J connectivity index is 1.04. The van der Waals surface area contributed by atoms with E-state index >= 15 is 0 Å². The van der Waals surface area contributed by atoms with Crippen LogP contribution in [0.15, 0.2) is 67.1 Å². The number of carbonyl (C=O) groups is 1. The number of rotatable bonds is 10. The molecule has 0 unspecified atom stereocenters. The van der Waals surface area contributed by atoms with Crippen molar-refractivity contribution in [2.24, 2.45) is 5.92 Å². The Hall–Kier alpha value is -4.69. The van der Waals surface area contributed by atoms with Crippen molar-refractivity contribution in [3.8, 4) is 23.1 Å². The largest absolute Gasteiger partial charge is 0.393 e. The van der Waals surface area contributed by atoms with Crippen molar-refractivity contribution in [3.05, 3.63) is 89.5 Å². The topological polar surface area (TPSA) is 119 Å². The smallest absolute Gasteiger partial charge is 0.229 e. The lowest BCUT2D eigenvalue weighted by Crippen LogP contribution is -2.43. The molecule has 10 nitrogen and oxygen atoms in total. The van der Waals surface area contributed by atoms with E-state index in [9.17, 15) is 9.90 Å². The number of benzene rings is 1. The van der Waals surface area contributed by atoms with E-state index in [2.05, 4.69) is 61.4 Å². The van der Waals surface area contributed by atoms with Gasteiger partial charge in [0.15, 0.2) is 5.78 Å². The van der Waals surface area contributed by atoms with Crippen LogP contribution in [0.4, 0.5) is 17.5 Å². The molecule has 7 rings (SSSR count). The predicted molar refractivity (Wildman–Crippen MR) is 192 cm³/mol. The summed E-state index contributed by atoms with van der Waals surface area (Å²) in [6, 6.07) is 15.7. The Bertz CT molecular complexity index is 1800. The zero-order chi connectivity index (χ0) is 33.6. The van der Waals surface area contributed by atoms with Gasteiger partial charge in [0.2, 0.25) is 5.95 Å². The molecule has 3 aromatic heterocycles. The summed E-state index contributed by atoms with van der Waals surface area (Å²) in [4.78, 5) is 36.1. The summed E-state index contributed by atoms with van der Waals surface area (Å²) in [5.41, 5.74) is 5.80. The molecule has 1 saturated heterocycles. The number of likely N-dealkylation sites (N-methyl/N-ethyl adjacent to an activating group) is 1. The first-order chi connectivity index (χ1) is 23.9. The zero-order valence-electron chi connectivity index (χ0n) is 28.1. The molecule has 3 fully saturated rings. The van der Waals surface area contributed by atoms with E-state index in [1.807, 2.05) is 36.7 Å². The van der Waals surface area contributed by atoms with Gasteiger partial charge in [-0.2, -0.15) is 4.98 Å². The van der Waals surface area contributed by atoms with Gasteiger partial charge in [-0.05, 0) is 105 Å². The van der Waals surface area contributed by atoms with Gasteiger partial charge in [0.05, 0.1) is 17.4 Å². The van der Waals surface area contributed by atoms with E-state index in [1.54, 1.807) is 18.3 Å². The maximum atomic E-state index is 12.5. The molecule has 0 radical (unpaired) electrons. The summed E-state index contributed by atoms with van der Waals surface area (Å²) < 4.78 is 0. The van der Waals surface area contributed by atoms with E-state index in [0.29, 0.717) is 29.5 Å². The van der Waals surface area contributed by atoms with Crippen molar-refractivity contribution in [1.82, 2.24) is 29.7 Å². The standard InChI is InChI=1S/C39H44N8O2/c1-46-18-20-47(21-19-46)26-29-7-15-36(41-24-29)35-25-42-39(45-38(35)43-31-11-13-34(48)14-12-31)44-32-8-4-27(5-9-32)6-10-33-23-30(16-17-40-33)37(49)22-28-2-3-28/h4-5,7-9,15-17,23-25,28,31,34,48H,2-3,11-14,18-22,26H2,1H3,(H2,42,43,44,45). The van der Waals surface area contributed by atoms with Crippen LogP contribution in [0.5, 0.6) is 0 Å². The number of aliphatic hydroxyl groups excluding tert-OH is 1. The summed E-state index contributed by atoms with van der Waals surface area (Å²) in [5.74, 6) is 8.18. The minimum Gasteiger partial charge on any atom is -0.393 e. The average Bonchev–Trinajstić information content (AvgIpc) is 3.95. The summed E-state index contributed by atoms with van der Waals surface area (Å²) in [6.07, 6.45) is 11.4. The predicted octanol–water partition coefficient (Wildman–Crippen LogP) is 5.52. The highest BCUT2D eigenvalue weighted by Gasteiger charge is 2.25. The van der Waals surface area contributed by atoms with Crippen LogP contribution in [0, 0.1) is 17.8 Å². The van der Waals surface area contributed by atoms with Gasteiger partial charge < -0.3 is 20.6 Å². The number of aromatic nitrogens is 4. The highest BCUT2D eigenvalue weighted by molar-refractivity contribution is 5.96. The molecule has 4 aromatic rings. The third-order valence-electron chi connectivity index (χ3n) is 9.66. The van der Waals surface area contributed by atoms with Crippen LogP contribution in [0.2, 0.25) is 0 Å². The summed E-state index contributed by atoms with van der Waals surface area (Å²) in [6.45, 7) is 5.20. The fourth-order valence-electron chi connectivity index (χ4n) is 6.37. The van der Waals surface area contributed by atoms with Gasteiger partial charge in [-0.1, -0.05) is 12.0 Å². The normalized spacial score (nSPS) is 19.9. The van der Waals surface area contributed by atoms with E-state index in [-0.39, 0.29) is 17.9 Å². The second-order valence-corrected chi connectivity index (χ2v) is 13.7. The fourth-order valence-corrected chi connectivity index (χ4v) is 6.37. The van der Waals surface area contributed by atoms with E-state index < -0.39 is 0 Å². The Morgan fingerprint density at radius 3 is 2.43 bits per heavy atom. The minimum atomic E-state index is -0.232. The van der Waals surface area contributed by atoms with Crippen molar-refractivity contribution < 1.29 is 9.90 Å². The maximum absolute atomic E-state index is 12.5. The number of anilines is 3. The van der Waals surface area contributed by atoms with Crippen LogP contribution in [0.25, 0.3) is 11.3 Å². The molecular formula is C39H44N8O2. The molecule has 0 bridgehead atoms. The third kappa shape index (κ3) is 9.06. The number of pyridine rings is 2. The van der Waals surface area contributed by atoms with Gasteiger partial charge in [0.1, 0.15) is 11.5 Å². The van der Waals surface area contributed by atoms with Gasteiger partial charge in [-0.15, -0.1) is 0 Å². The van der Waals surface area contributed by atoms with Crippen LogP contribution in [0.1, 0.15) is 72.1 Å². The molecule has 1 aromatic carbocycles. The SMILES string of the molecule is CN1CCN(Cc2ccc(-c3cnc(Nc4ccc(C#Cc5cc(C(=O)CC6CC6)ccn5)cc4)nc3NC3CCC(O)CC3)nc2)CC1. The van der Waals surface area contributed by atoms with E-state index in [4.69, 9.17) is 9.97 Å². The summed E-state index contributed by atoms with van der Waals surface area (Å²) in [5, 5.41) is 17.0. The number of piperazine rings is 1. The lowest BCUT2D eigenvalue weighted by atomic mass is 9.93. The molecule has 0 spiro atoms. The number of Topliss-reactive ketones (excluding diaryl/α,β-unsaturated/α-hetero) is 1. The quantitative estimate of drug-likeness (QED) is 0.149. The molecule has 10 heteroatoms. The molecular weight excluding hydrogens is 612 g/mol. The third-order valence-corrected chi connectivity index (χ3v) is 9.66. The Kier molecular flexibility index (Phi) is 10.2. The van der Waals surface area contributed by atoms with Crippen molar-refractivity contribution in [2.75, 3.05) is 43.9 Å². The Morgan fingerprint density at radius 2 is 1.69 bits per heavy atom. The van der Waals surface area contributed by atoms with Crippen molar-refractivity contribution in [3.63, 3.8) is 0 Å². The Morgan fingerprint density at radius 1 is 0.898 bits per heavy atom.